The summed E-state index contributed by atoms with van der Waals surface area (Å²) in [5.74, 6) is -2.30. The van der Waals surface area contributed by atoms with Crippen molar-refractivity contribution in [2.24, 2.45) is 0 Å². The summed E-state index contributed by atoms with van der Waals surface area (Å²) in [5, 5.41) is 2.18. The maximum atomic E-state index is 13.6. The number of carbonyl (C=O) groups is 1. The van der Waals surface area contributed by atoms with Gasteiger partial charge in [0.2, 0.25) is 15.9 Å². The fraction of sp³-hybridized carbons (Fsp3) is 0.278. The average molecular weight is 382 g/mol. The van der Waals surface area contributed by atoms with Crippen molar-refractivity contribution in [3.63, 3.8) is 0 Å². The van der Waals surface area contributed by atoms with Gasteiger partial charge in [0.25, 0.3) is 0 Å². The molecule has 2 rings (SSSR count). The summed E-state index contributed by atoms with van der Waals surface area (Å²) >= 11 is 0. The van der Waals surface area contributed by atoms with E-state index in [2.05, 4.69) is 5.32 Å². The van der Waals surface area contributed by atoms with Gasteiger partial charge >= 0.3 is 0 Å². The van der Waals surface area contributed by atoms with E-state index in [4.69, 9.17) is 0 Å². The van der Waals surface area contributed by atoms with Crippen LogP contribution in [-0.4, -0.2) is 32.2 Å². The average Bonchev–Trinajstić information content (AvgIpc) is 2.49. The summed E-state index contributed by atoms with van der Waals surface area (Å²) in [4.78, 5) is 12.2. The first-order valence-corrected chi connectivity index (χ1v) is 9.25. The summed E-state index contributed by atoms with van der Waals surface area (Å²) in [6, 6.07) is 6.12. The van der Waals surface area contributed by atoms with Crippen LogP contribution >= 0.6 is 0 Å². The Morgan fingerprint density at radius 3 is 2.23 bits per heavy atom. The standard InChI is InChI=1S/C18H20F2N2O3S/c1-11-7-12(2)18(13(3)8-11)26(24,25)22(4)10-17(23)21-16-9-14(19)5-6-15(16)20/h5-9H,10H2,1-4H3,(H,21,23). The number of carbonyl (C=O) groups excluding carboxylic acids is 1. The van der Waals surface area contributed by atoms with E-state index in [0.717, 1.165) is 28.1 Å². The van der Waals surface area contributed by atoms with Gasteiger partial charge in [-0.1, -0.05) is 17.7 Å². The first kappa shape index (κ1) is 20.0. The Labute approximate surface area is 151 Å². The molecule has 0 unspecified atom stereocenters. The molecule has 0 heterocycles. The molecule has 0 aliphatic heterocycles. The molecule has 2 aromatic rings. The lowest BCUT2D eigenvalue weighted by Crippen LogP contribution is -2.35. The quantitative estimate of drug-likeness (QED) is 0.864. The second kappa shape index (κ2) is 7.51. The van der Waals surface area contributed by atoms with E-state index in [0.29, 0.717) is 11.1 Å². The fourth-order valence-corrected chi connectivity index (χ4v) is 4.33. The van der Waals surface area contributed by atoms with Crippen molar-refractivity contribution >= 4 is 21.6 Å². The highest BCUT2D eigenvalue weighted by atomic mass is 32.2. The third-order valence-electron chi connectivity index (χ3n) is 3.84. The van der Waals surface area contributed by atoms with E-state index in [1.807, 2.05) is 6.92 Å². The Hall–Kier alpha value is -2.32. The highest BCUT2D eigenvalue weighted by Crippen LogP contribution is 2.24. The number of anilines is 1. The van der Waals surface area contributed by atoms with E-state index in [1.165, 1.54) is 7.05 Å². The number of halogens is 2. The predicted molar refractivity (Wildman–Crippen MR) is 95.5 cm³/mol. The Morgan fingerprint density at radius 1 is 1.08 bits per heavy atom. The van der Waals surface area contributed by atoms with E-state index < -0.39 is 34.1 Å². The van der Waals surface area contributed by atoms with Crippen molar-refractivity contribution in [3.8, 4) is 0 Å². The topological polar surface area (TPSA) is 66.5 Å². The van der Waals surface area contributed by atoms with E-state index >= 15 is 0 Å². The number of likely N-dealkylation sites (N-methyl/N-ethyl adjacent to an activating group) is 1. The normalized spacial score (nSPS) is 11.7. The number of nitrogens with one attached hydrogen (secondary N) is 1. The molecule has 0 aromatic heterocycles. The minimum absolute atomic E-state index is 0.135. The van der Waals surface area contributed by atoms with Crippen LogP contribution < -0.4 is 5.32 Å². The molecule has 0 bridgehead atoms. The van der Waals surface area contributed by atoms with Crippen LogP contribution in [0.2, 0.25) is 0 Å². The van der Waals surface area contributed by atoms with Crippen LogP contribution in [0.4, 0.5) is 14.5 Å². The summed E-state index contributed by atoms with van der Waals surface area (Å²) in [7, 11) is -2.66. The second-order valence-electron chi connectivity index (χ2n) is 6.16. The van der Waals surface area contributed by atoms with Gasteiger partial charge in [-0.2, -0.15) is 4.31 Å². The van der Waals surface area contributed by atoms with E-state index in [9.17, 15) is 22.0 Å². The van der Waals surface area contributed by atoms with Gasteiger partial charge in [0, 0.05) is 13.1 Å². The molecular formula is C18H20F2N2O3S. The first-order chi connectivity index (χ1) is 12.0. The molecule has 0 fully saturated rings. The maximum absolute atomic E-state index is 13.6. The first-order valence-electron chi connectivity index (χ1n) is 7.81. The summed E-state index contributed by atoms with van der Waals surface area (Å²) in [6.45, 7) is 4.69. The summed E-state index contributed by atoms with van der Waals surface area (Å²) in [6.07, 6.45) is 0. The van der Waals surface area contributed by atoms with Gasteiger partial charge in [-0.05, 0) is 44.0 Å². The molecule has 0 radical (unpaired) electrons. The molecule has 2 aromatic carbocycles. The van der Waals surface area contributed by atoms with Gasteiger partial charge in [0.15, 0.2) is 0 Å². The lowest BCUT2D eigenvalue weighted by molar-refractivity contribution is -0.116. The van der Waals surface area contributed by atoms with Crippen molar-refractivity contribution < 1.29 is 22.0 Å². The van der Waals surface area contributed by atoms with Gasteiger partial charge < -0.3 is 5.32 Å². The zero-order valence-electron chi connectivity index (χ0n) is 14.9. The van der Waals surface area contributed by atoms with Gasteiger partial charge in [-0.15, -0.1) is 0 Å². The SMILES string of the molecule is Cc1cc(C)c(S(=O)(=O)N(C)CC(=O)Nc2cc(F)ccc2F)c(C)c1. The van der Waals surface area contributed by atoms with Gasteiger partial charge in [0.05, 0.1) is 17.1 Å². The highest BCUT2D eigenvalue weighted by molar-refractivity contribution is 7.89. The number of rotatable bonds is 5. The Kier molecular flexibility index (Phi) is 5.77. The maximum Gasteiger partial charge on any atom is 0.243 e. The molecule has 0 saturated carbocycles. The van der Waals surface area contributed by atoms with Crippen LogP contribution in [0.25, 0.3) is 0 Å². The van der Waals surface area contributed by atoms with E-state index in [1.54, 1.807) is 26.0 Å². The molecular weight excluding hydrogens is 362 g/mol. The number of sulfonamides is 1. The van der Waals surface area contributed by atoms with Gasteiger partial charge in [-0.25, -0.2) is 17.2 Å². The Bertz CT molecular complexity index is 936. The number of amides is 1. The minimum atomic E-state index is -3.92. The third-order valence-corrected chi connectivity index (χ3v) is 5.95. The third kappa shape index (κ3) is 4.25. The molecule has 140 valence electrons. The molecule has 1 N–H and O–H groups in total. The molecule has 1 amide bonds. The summed E-state index contributed by atoms with van der Waals surface area (Å²) < 4.78 is 53.3. The molecule has 0 aliphatic rings. The van der Waals surface area contributed by atoms with Gasteiger partial charge in [0.1, 0.15) is 11.6 Å². The number of aryl methyl sites for hydroxylation is 3. The number of hydrogen-bond donors (Lipinski definition) is 1. The molecule has 0 aliphatic carbocycles. The smallest absolute Gasteiger partial charge is 0.243 e. The van der Waals surface area contributed by atoms with Crippen LogP contribution in [0, 0.1) is 32.4 Å². The molecule has 0 atom stereocenters. The van der Waals surface area contributed by atoms with Gasteiger partial charge in [-0.3, -0.25) is 4.79 Å². The predicted octanol–water partition coefficient (Wildman–Crippen LogP) is 3.15. The highest BCUT2D eigenvalue weighted by Gasteiger charge is 2.26. The van der Waals surface area contributed by atoms with Crippen LogP contribution in [0.5, 0.6) is 0 Å². The van der Waals surface area contributed by atoms with Crippen molar-refractivity contribution in [1.29, 1.82) is 0 Å². The second-order valence-corrected chi connectivity index (χ2v) is 8.14. The minimum Gasteiger partial charge on any atom is -0.322 e. The van der Waals surface area contributed by atoms with Crippen molar-refractivity contribution in [2.45, 2.75) is 25.7 Å². The van der Waals surface area contributed by atoms with Crippen molar-refractivity contribution in [3.05, 3.63) is 58.7 Å². The Morgan fingerprint density at radius 2 is 1.65 bits per heavy atom. The lowest BCUT2D eigenvalue weighted by Gasteiger charge is -2.20. The summed E-state index contributed by atoms with van der Waals surface area (Å²) in [5.41, 5.74) is 1.74. The van der Waals surface area contributed by atoms with Crippen LogP contribution in [0.15, 0.2) is 35.2 Å². The van der Waals surface area contributed by atoms with Crippen LogP contribution in [0.3, 0.4) is 0 Å². The molecule has 8 heteroatoms. The lowest BCUT2D eigenvalue weighted by atomic mass is 10.1. The zero-order valence-corrected chi connectivity index (χ0v) is 15.7. The molecule has 0 saturated heterocycles. The number of benzene rings is 2. The number of nitrogens with zero attached hydrogens (tertiary/aromatic N) is 1. The van der Waals surface area contributed by atoms with E-state index in [-0.39, 0.29) is 10.6 Å². The number of hydrogen-bond acceptors (Lipinski definition) is 3. The largest absolute Gasteiger partial charge is 0.322 e. The molecule has 26 heavy (non-hydrogen) atoms. The molecule has 0 spiro atoms. The van der Waals surface area contributed by atoms with Crippen molar-refractivity contribution in [1.82, 2.24) is 4.31 Å². The molecule has 5 nitrogen and oxygen atoms in total. The fourth-order valence-electron chi connectivity index (χ4n) is 2.80. The van der Waals surface area contributed by atoms with Crippen LogP contribution in [0.1, 0.15) is 16.7 Å². The zero-order chi connectivity index (χ0) is 19.6. The van der Waals surface area contributed by atoms with Crippen LogP contribution in [-0.2, 0) is 14.8 Å². The van der Waals surface area contributed by atoms with Crippen molar-refractivity contribution in [2.75, 3.05) is 18.9 Å². The Balaban J connectivity index is 2.22. The monoisotopic (exact) mass is 382 g/mol.